The van der Waals surface area contributed by atoms with E-state index < -0.39 is 5.91 Å². The number of anilines is 2. The molecule has 35 heavy (non-hydrogen) atoms. The van der Waals surface area contributed by atoms with Crippen molar-refractivity contribution in [3.8, 4) is 5.75 Å². The third-order valence-electron chi connectivity index (χ3n) is 6.49. The van der Waals surface area contributed by atoms with Crippen molar-refractivity contribution < 1.29 is 9.53 Å². The maximum atomic E-state index is 12.3. The summed E-state index contributed by atoms with van der Waals surface area (Å²) in [7, 11) is 0. The van der Waals surface area contributed by atoms with E-state index in [9.17, 15) is 4.79 Å². The van der Waals surface area contributed by atoms with Crippen molar-refractivity contribution in [3.63, 3.8) is 0 Å². The molecule has 5 nitrogen and oxygen atoms in total. The fourth-order valence-electron chi connectivity index (χ4n) is 4.57. The number of hydrogen-bond donors (Lipinski definition) is 2. The SMILES string of the molecule is C=CN(c1cc(O[C@H](C)c2ccccc2Cl)c(C(N)=O)s1)c1cc(CC2CCNCC2)ccc1C. The van der Waals surface area contributed by atoms with Gasteiger partial charge in [0.25, 0.3) is 5.91 Å². The third kappa shape index (κ3) is 5.89. The number of aryl methyl sites for hydroxylation is 1. The first-order valence-corrected chi connectivity index (χ1v) is 13.1. The van der Waals surface area contributed by atoms with Gasteiger partial charge in [-0.3, -0.25) is 4.79 Å². The van der Waals surface area contributed by atoms with Crippen LogP contribution in [0.1, 0.15) is 52.2 Å². The highest BCUT2D eigenvalue weighted by atomic mass is 35.5. The summed E-state index contributed by atoms with van der Waals surface area (Å²) in [5.74, 6) is 0.613. The molecule has 1 aliphatic heterocycles. The minimum atomic E-state index is -0.525. The van der Waals surface area contributed by atoms with Gasteiger partial charge in [0.05, 0.1) is 0 Å². The molecule has 3 aromatic rings. The van der Waals surface area contributed by atoms with Crippen LogP contribution in [0.2, 0.25) is 5.02 Å². The summed E-state index contributed by atoms with van der Waals surface area (Å²) in [4.78, 5) is 14.7. The number of ether oxygens (including phenoxy) is 1. The number of nitrogens with one attached hydrogen (secondary N) is 1. The number of benzene rings is 2. The molecule has 2 aromatic carbocycles. The maximum Gasteiger partial charge on any atom is 0.262 e. The van der Waals surface area contributed by atoms with Crippen molar-refractivity contribution >= 4 is 39.5 Å². The van der Waals surface area contributed by atoms with Crippen LogP contribution in [0.3, 0.4) is 0 Å². The Labute approximate surface area is 216 Å². The Morgan fingerprint density at radius 1 is 1.29 bits per heavy atom. The summed E-state index contributed by atoms with van der Waals surface area (Å²) in [5, 5.41) is 4.87. The second-order valence-corrected chi connectivity index (χ2v) is 10.4. The van der Waals surface area contributed by atoms with Crippen molar-refractivity contribution in [3.05, 3.63) is 87.9 Å². The van der Waals surface area contributed by atoms with Crippen molar-refractivity contribution in [2.24, 2.45) is 11.7 Å². The predicted molar refractivity (Wildman–Crippen MR) is 146 cm³/mol. The summed E-state index contributed by atoms with van der Waals surface area (Å²) in [6.07, 6.45) is 4.88. The van der Waals surface area contributed by atoms with Gasteiger partial charge < -0.3 is 20.7 Å². The molecule has 0 spiro atoms. The second-order valence-electron chi connectivity index (χ2n) is 8.99. The van der Waals surface area contributed by atoms with E-state index in [0.29, 0.717) is 21.6 Å². The quantitative estimate of drug-likeness (QED) is 0.334. The lowest BCUT2D eigenvalue weighted by atomic mass is 9.90. The van der Waals surface area contributed by atoms with Gasteiger partial charge in [-0.05, 0) is 75.4 Å². The van der Waals surface area contributed by atoms with Crippen molar-refractivity contribution in [1.82, 2.24) is 5.32 Å². The number of amides is 1. The molecule has 1 fully saturated rings. The van der Waals surface area contributed by atoms with E-state index in [1.54, 1.807) is 6.20 Å². The van der Waals surface area contributed by atoms with Crippen molar-refractivity contribution in [1.29, 1.82) is 0 Å². The Balaban J connectivity index is 1.63. The Bertz CT molecular complexity index is 1200. The van der Waals surface area contributed by atoms with Crippen LogP contribution in [0, 0.1) is 12.8 Å². The summed E-state index contributed by atoms with van der Waals surface area (Å²) < 4.78 is 6.20. The molecule has 0 saturated carbocycles. The van der Waals surface area contributed by atoms with E-state index in [0.717, 1.165) is 41.3 Å². The van der Waals surface area contributed by atoms with Gasteiger partial charge in [-0.2, -0.15) is 0 Å². The van der Waals surface area contributed by atoms with Crippen molar-refractivity contribution in [2.45, 2.75) is 39.2 Å². The zero-order valence-electron chi connectivity index (χ0n) is 20.2. The minimum absolute atomic E-state index is 0.350. The molecule has 4 rings (SSSR count). The summed E-state index contributed by atoms with van der Waals surface area (Å²) >= 11 is 7.65. The Hall–Kier alpha value is -2.80. The van der Waals surface area contributed by atoms with Crippen LogP contribution in [0.25, 0.3) is 0 Å². The molecule has 0 aliphatic carbocycles. The first kappa shape index (κ1) is 25.3. The molecule has 1 aliphatic rings. The molecule has 7 heteroatoms. The van der Waals surface area contributed by atoms with E-state index >= 15 is 0 Å². The average Bonchev–Trinajstić information content (AvgIpc) is 3.26. The van der Waals surface area contributed by atoms with E-state index in [4.69, 9.17) is 22.1 Å². The van der Waals surface area contributed by atoms with Crippen LogP contribution in [0.4, 0.5) is 10.7 Å². The molecule has 1 amide bonds. The highest BCUT2D eigenvalue weighted by molar-refractivity contribution is 7.18. The molecular formula is C28H32ClN3O2S. The van der Waals surface area contributed by atoms with Crippen LogP contribution in [-0.2, 0) is 6.42 Å². The van der Waals surface area contributed by atoms with E-state index in [-0.39, 0.29) is 6.10 Å². The number of thiophene rings is 1. The van der Waals surface area contributed by atoms with Crippen LogP contribution in [-0.4, -0.2) is 19.0 Å². The first-order valence-electron chi connectivity index (χ1n) is 11.9. The van der Waals surface area contributed by atoms with Crippen LogP contribution in [0.15, 0.2) is 61.3 Å². The normalized spacial score (nSPS) is 14.9. The molecule has 0 radical (unpaired) electrons. The summed E-state index contributed by atoms with van der Waals surface area (Å²) in [5.41, 5.74) is 10.0. The predicted octanol–water partition coefficient (Wildman–Crippen LogP) is 6.77. The van der Waals surface area contributed by atoms with Crippen LogP contribution >= 0.6 is 22.9 Å². The highest BCUT2D eigenvalue weighted by Crippen LogP contribution is 2.42. The molecular weight excluding hydrogens is 478 g/mol. The van der Waals surface area contributed by atoms with Gasteiger partial charge in [0.15, 0.2) is 0 Å². The number of rotatable bonds is 9. The zero-order valence-corrected chi connectivity index (χ0v) is 21.8. The van der Waals surface area contributed by atoms with Crippen molar-refractivity contribution in [2.75, 3.05) is 18.0 Å². The number of halogens is 1. The number of primary amides is 1. The topological polar surface area (TPSA) is 67.6 Å². The summed E-state index contributed by atoms with van der Waals surface area (Å²) in [6.45, 7) is 10.2. The number of nitrogens with two attached hydrogens (primary N) is 1. The smallest absolute Gasteiger partial charge is 0.262 e. The second kappa shape index (κ2) is 11.3. The monoisotopic (exact) mass is 509 g/mol. The lowest BCUT2D eigenvalue weighted by Crippen LogP contribution is -2.28. The average molecular weight is 510 g/mol. The van der Waals surface area contributed by atoms with Gasteiger partial charge in [0, 0.05) is 28.5 Å². The Kier molecular flexibility index (Phi) is 8.16. The number of carbonyl (C=O) groups is 1. The van der Waals surface area contributed by atoms with Gasteiger partial charge in [-0.1, -0.05) is 48.5 Å². The maximum absolute atomic E-state index is 12.3. The lowest BCUT2D eigenvalue weighted by molar-refractivity contribution is 0.0998. The lowest BCUT2D eigenvalue weighted by Gasteiger charge is -2.25. The third-order valence-corrected chi connectivity index (χ3v) is 7.97. The standard InChI is InChI=1S/C28H32ClN3O2S/c1-4-32(24-16-21(10-9-18(24)2)15-20-11-13-31-14-12-20)26-17-25(27(35-26)28(30)33)34-19(3)22-7-5-6-8-23(22)29/h4-10,16-17,19-20,31H,1,11-15H2,2-3H3,(H2,30,33)/t19-/m1/s1. The number of carbonyl (C=O) groups excluding carboxylic acids is 1. The molecule has 0 bridgehead atoms. The molecule has 1 atom stereocenters. The Morgan fingerprint density at radius 2 is 2.03 bits per heavy atom. The van der Waals surface area contributed by atoms with Crippen LogP contribution in [0.5, 0.6) is 5.75 Å². The minimum Gasteiger partial charge on any atom is -0.484 e. The fourth-order valence-corrected chi connectivity index (χ4v) is 5.81. The van der Waals surface area contributed by atoms with Crippen LogP contribution < -0.4 is 20.7 Å². The molecule has 184 valence electrons. The molecule has 2 heterocycles. The highest BCUT2D eigenvalue weighted by Gasteiger charge is 2.23. The van der Waals surface area contributed by atoms with E-state index in [1.807, 2.05) is 42.2 Å². The Morgan fingerprint density at radius 3 is 2.71 bits per heavy atom. The molecule has 0 unspecified atom stereocenters. The first-order chi connectivity index (χ1) is 16.9. The summed E-state index contributed by atoms with van der Waals surface area (Å²) in [6, 6.07) is 16.0. The van der Waals surface area contributed by atoms with Gasteiger partial charge in [-0.15, -0.1) is 11.3 Å². The van der Waals surface area contributed by atoms with Gasteiger partial charge in [0.2, 0.25) is 0 Å². The fraction of sp³-hybridized carbons (Fsp3) is 0.321. The van der Waals surface area contributed by atoms with Gasteiger partial charge >= 0.3 is 0 Å². The number of nitrogens with zero attached hydrogens (tertiary/aromatic N) is 1. The number of hydrogen-bond acceptors (Lipinski definition) is 5. The number of piperidine rings is 1. The molecule has 1 aromatic heterocycles. The van der Waals surface area contributed by atoms with Gasteiger partial charge in [-0.25, -0.2) is 0 Å². The largest absolute Gasteiger partial charge is 0.484 e. The van der Waals surface area contributed by atoms with Gasteiger partial charge in [0.1, 0.15) is 21.7 Å². The molecule has 3 N–H and O–H groups in total. The molecule has 1 saturated heterocycles. The van der Waals surface area contributed by atoms with E-state index in [2.05, 4.69) is 37.0 Å². The van der Waals surface area contributed by atoms with E-state index in [1.165, 1.54) is 29.7 Å². The zero-order chi connectivity index (χ0) is 24.9.